The molecule has 1 N–H and O–H groups in total. The fourth-order valence-corrected chi connectivity index (χ4v) is 2.24. The van der Waals surface area contributed by atoms with Crippen LogP contribution in [0.1, 0.15) is 10.4 Å². The first-order chi connectivity index (χ1) is 9.19. The van der Waals surface area contributed by atoms with Gasteiger partial charge in [-0.3, -0.25) is 4.79 Å². The van der Waals surface area contributed by atoms with Crippen LogP contribution in [0.4, 0.5) is 5.69 Å². The average molecular weight is 268 g/mol. The van der Waals surface area contributed by atoms with Gasteiger partial charge in [0.1, 0.15) is 11.6 Å². The van der Waals surface area contributed by atoms with Crippen LogP contribution in [-0.2, 0) is 4.79 Å². The molecule has 0 spiro atoms. The zero-order chi connectivity index (χ0) is 13.7. The van der Waals surface area contributed by atoms with Crippen molar-refractivity contribution in [1.82, 2.24) is 0 Å². The first-order valence-corrected chi connectivity index (χ1v) is 6.60. The highest BCUT2D eigenvalue weighted by Gasteiger charge is 2.09. The zero-order valence-corrected chi connectivity index (χ0v) is 11.2. The summed E-state index contributed by atoms with van der Waals surface area (Å²) in [6, 6.07) is 13.1. The van der Waals surface area contributed by atoms with E-state index in [2.05, 4.69) is 5.32 Å². The van der Waals surface area contributed by atoms with Gasteiger partial charge in [0.05, 0.1) is 0 Å². The van der Waals surface area contributed by atoms with Gasteiger partial charge >= 0.3 is 0 Å². The predicted molar refractivity (Wildman–Crippen MR) is 77.7 cm³/mol. The lowest BCUT2D eigenvalue weighted by Gasteiger charge is -2.04. The third-order valence-electron chi connectivity index (χ3n) is 2.47. The number of carbonyl (C=O) groups excluding carboxylic acids is 1. The first kappa shape index (κ1) is 13.1. The van der Waals surface area contributed by atoms with Crippen molar-refractivity contribution >= 4 is 29.0 Å². The monoisotopic (exact) mass is 268 g/mol. The predicted octanol–water partition coefficient (Wildman–Crippen LogP) is 3.60. The Bertz CT molecular complexity index is 651. The van der Waals surface area contributed by atoms with Crippen molar-refractivity contribution < 1.29 is 4.79 Å². The van der Waals surface area contributed by atoms with E-state index in [1.807, 2.05) is 48.7 Å². The largest absolute Gasteiger partial charge is 0.321 e. The highest BCUT2D eigenvalue weighted by molar-refractivity contribution is 7.10. The number of nitrogens with one attached hydrogen (secondary N) is 1. The number of thiophene rings is 1. The summed E-state index contributed by atoms with van der Waals surface area (Å²) >= 11 is 1.49. The summed E-state index contributed by atoms with van der Waals surface area (Å²) in [5.41, 5.74) is 1.85. The molecule has 94 valence electrons. The van der Waals surface area contributed by atoms with Gasteiger partial charge in [-0.25, -0.2) is 0 Å². The van der Waals surface area contributed by atoms with Gasteiger partial charge < -0.3 is 5.32 Å². The maximum Gasteiger partial charge on any atom is 0.266 e. The van der Waals surface area contributed by atoms with Crippen LogP contribution in [0, 0.1) is 18.3 Å². The van der Waals surface area contributed by atoms with Gasteiger partial charge in [0.2, 0.25) is 0 Å². The molecule has 1 aromatic carbocycles. The van der Waals surface area contributed by atoms with E-state index in [1.165, 1.54) is 11.3 Å². The number of carbonyl (C=O) groups is 1. The number of hydrogen-bond acceptors (Lipinski definition) is 3. The molecule has 19 heavy (non-hydrogen) atoms. The quantitative estimate of drug-likeness (QED) is 0.683. The second-order valence-electron chi connectivity index (χ2n) is 4.01. The van der Waals surface area contributed by atoms with E-state index in [0.29, 0.717) is 5.69 Å². The second-order valence-corrected chi connectivity index (χ2v) is 4.99. The third-order valence-corrected chi connectivity index (χ3v) is 3.29. The molecule has 1 aromatic heterocycles. The molecule has 2 rings (SSSR count). The summed E-state index contributed by atoms with van der Waals surface area (Å²) in [6.45, 7) is 1.95. The number of nitriles is 1. The van der Waals surface area contributed by atoms with Crippen molar-refractivity contribution in [2.24, 2.45) is 0 Å². The van der Waals surface area contributed by atoms with Crippen molar-refractivity contribution in [3.05, 3.63) is 57.8 Å². The van der Waals surface area contributed by atoms with Crippen LogP contribution >= 0.6 is 11.3 Å². The van der Waals surface area contributed by atoms with Gasteiger partial charge in [-0.15, -0.1) is 11.3 Å². The number of anilines is 1. The Morgan fingerprint density at radius 2 is 2.21 bits per heavy atom. The topological polar surface area (TPSA) is 52.9 Å². The summed E-state index contributed by atoms with van der Waals surface area (Å²) in [6.07, 6.45) is 1.59. The Labute approximate surface area is 115 Å². The molecular weight excluding hydrogens is 256 g/mol. The van der Waals surface area contributed by atoms with E-state index in [1.54, 1.807) is 12.1 Å². The normalized spacial score (nSPS) is 10.8. The minimum Gasteiger partial charge on any atom is -0.321 e. The lowest BCUT2D eigenvalue weighted by atomic mass is 10.2. The van der Waals surface area contributed by atoms with Gasteiger partial charge in [-0.05, 0) is 42.1 Å². The smallest absolute Gasteiger partial charge is 0.266 e. The van der Waals surface area contributed by atoms with Crippen molar-refractivity contribution in [3.63, 3.8) is 0 Å². The first-order valence-electron chi connectivity index (χ1n) is 5.72. The Morgan fingerprint density at radius 3 is 2.84 bits per heavy atom. The van der Waals surface area contributed by atoms with Crippen LogP contribution in [0.3, 0.4) is 0 Å². The van der Waals surface area contributed by atoms with E-state index in [4.69, 9.17) is 5.26 Å². The maximum atomic E-state index is 12.0. The number of amides is 1. The molecule has 1 heterocycles. The van der Waals surface area contributed by atoms with Crippen molar-refractivity contribution in [1.29, 1.82) is 5.26 Å². The second kappa shape index (κ2) is 5.98. The fourth-order valence-electron chi connectivity index (χ4n) is 1.59. The minimum absolute atomic E-state index is 0.101. The van der Waals surface area contributed by atoms with Crippen LogP contribution in [0.2, 0.25) is 0 Å². The molecule has 0 unspecified atom stereocenters. The summed E-state index contributed by atoms with van der Waals surface area (Å²) in [7, 11) is 0. The molecule has 0 aliphatic carbocycles. The van der Waals surface area contributed by atoms with Crippen molar-refractivity contribution in [2.75, 3.05) is 5.32 Å². The number of rotatable bonds is 3. The summed E-state index contributed by atoms with van der Waals surface area (Å²) < 4.78 is 0. The summed E-state index contributed by atoms with van der Waals surface area (Å²) in [4.78, 5) is 12.9. The van der Waals surface area contributed by atoms with E-state index < -0.39 is 0 Å². The molecule has 0 saturated heterocycles. The van der Waals surface area contributed by atoms with Gasteiger partial charge in [0.25, 0.3) is 5.91 Å². The SMILES string of the molecule is Cc1cccc(NC(=O)/C(C#N)=C/c2cccs2)c1. The molecule has 0 aliphatic heterocycles. The Balaban J connectivity index is 2.17. The molecule has 4 heteroatoms. The lowest BCUT2D eigenvalue weighted by Crippen LogP contribution is -2.13. The molecule has 1 amide bonds. The minimum atomic E-state index is -0.387. The number of aryl methyl sites for hydroxylation is 1. The number of benzene rings is 1. The molecule has 0 atom stereocenters. The molecule has 0 fully saturated rings. The zero-order valence-electron chi connectivity index (χ0n) is 10.4. The molecule has 3 nitrogen and oxygen atoms in total. The van der Waals surface area contributed by atoms with Crippen LogP contribution in [-0.4, -0.2) is 5.91 Å². The number of nitrogens with zero attached hydrogens (tertiary/aromatic N) is 1. The Kier molecular flexibility index (Phi) is 4.11. The van der Waals surface area contributed by atoms with Crippen LogP contribution in [0.25, 0.3) is 6.08 Å². The summed E-state index contributed by atoms with van der Waals surface area (Å²) in [5, 5.41) is 13.7. The van der Waals surface area contributed by atoms with E-state index >= 15 is 0 Å². The van der Waals surface area contributed by atoms with Crippen LogP contribution < -0.4 is 5.32 Å². The molecule has 0 aliphatic rings. The van der Waals surface area contributed by atoms with Gasteiger partial charge in [0.15, 0.2) is 0 Å². The van der Waals surface area contributed by atoms with E-state index in [0.717, 1.165) is 10.4 Å². The summed E-state index contributed by atoms with van der Waals surface area (Å²) in [5.74, 6) is -0.387. The molecule has 0 bridgehead atoms. The molecule has 2 aromatic rings. The van der Waals surface area contributed by atoms with Gasteiger partial charge in [-0.2, -0.15) is 5.26 Å². The highest BCUT2D eigenvalue weighted by atomic mass is 32.1. The highest BCUT2D eigenvalue weighted by Crippen LogP contribution is 2.15. The lowest BCUT2D eigenvalue weighted by molar-refractivity contribution is -0.112. The maximum absolute atomic E-state index is 12.0. The average Bonchev–Trinajstić information content (AvgIpc) is 2.88. The molecule has 0 saturated carbocycles. The van der Waals surface area contributed by atoms with Crippen molar-refractivity contribution in [2.45, 2.75) is 6.92 Å². The Morgan fingerprint density at radius 1 is 1.37 bits per heavy atom. The van der Waals surface area contributed by atoms with Crippen LogP contribution in [0.15, 0.2) is 47.4 Å². The molecular formula is C15H12N2OS. The molecule has 0 radical (unpaired) electrons. The Hall–Kier alpha value is -2.38. The fraction of sp³-hybridized carbons (Fsp3) is 0.0667. The van der Waals surface area contributed by atoms with Gasteiger partial charge in [-0.1, -0.05) is 18.2 Å². The van der Waals surface area contributed by atoms with Crippen molar-refractivity contribution in [3.8, 4) is 6.07 Å². The van der Waals surface area contributed by atoms with E-state index in [-0.39, 0.29) is 11.5 Å². The van der Waals surface area contributed by atoms with Crippen LogP contribution in [0.5, 0.6) is 0 Å². The third kappa shape index (κ3) is 3.54. The number of hydrogen-bond donors (Lipinski definition) is 1. The standard InChI is InChI=1S/C15H12N2OS/c1-11-4-2-5-13(8-11)17-15(18)12(10-16)9-14-6-3-7-19-14/h2-9H,1H3,(H,17,18)/b12-9+. The van der Waals surface area contributed by atoms with Gasteiger partial charge in [0, 0.05) is 10.6 Å². The van der Waals surface area contributed by atoms with E-state index in [9.17, 15) is 4.79 Å².